The van der Waals surface area contributed by atoms with Crippen LogP contribution in [0.2, 0.25) is 0 Å². The van der Waals surface area contributed by atoms with E-state index in [0.29, 0.717) is 17.7 Å². The van der Waals surface area contributed by atoms with Crippen molar-refractivity contribution in [3.8, 4) is 0 Å². The zero-order valence-corrected chi connectivity index (χ0v) is 9.49. The van der Waals surface area contributed by atoms with Gasteiger partial charge in [-0.15, -0.1) is 0 Å². The highest BCUT2D eigenvalue weighted by Gasteiger charge is 2.04. The highest BCUT2D eigenvalue weighted by Crippen LogP contribution is 2.14. The second kappa shape index (κ2) is 5.55. The van der Waals surface area contributed by atoms with E-state index in [1.54, 1.807) is 17.8 Å². The summed E-state index contributed by atoms with van der Waals surface area (Å²) in [5, 5.41) is 13.5. The number of carboxylic acids is 1. The quantitative estimate of drug-likeness (QED) is 0.607. The van der Waals surface area contributed by atoms with Crippen LogP contribution in [0.4, 0.5) is 0 Å². The number of aryl methyl sites for hydroxylation is 1. The lowest BCUT2D eigenvalue weighted by molar-refractivity contribution is -0.132. The normalized spacial score (nSPS) is 11.7. The van der Waals surface area contributed by atoms with Gasteiger partial charge in [0.2, 0.25) is 0 Å². The van der Waals surface area contributed by atoms with Crippen LogP contribution in [0.3, 0.4) is 0 Å². The fraction of sp³-hybridized carbons (Fsp3) is 0.444. The number of carbonyl (C=O) groups is 1. The number of carboxylic acid groups (broad SMARTS) is 1. The molecule has 0 aromatic carbocycles. The first-order valence-electron chi connectivity index (χ1n) is 4.54. The van der Waals surface area contributed by atoms with Gasteiger partial charge in [-0.2, -0.15) is 5.10 Å². The Morgan fingerprint density at radius 1 is 1.73 bits per heavy atom. The first-order valence-corrected chi connectivity index (χ1v) is 5.52. The second-order valence-corrected chi connectivity index (χ2v) is 3.85. The van der Waals surface area contributed by atoms with E-state index in [9.17, 15) is 4.79 Å². The molecule has 5 nitrogen and oxygen atoms in total. The predicted octanol–water partition coefficient (Wildman–Crippen LogP) is 1.33. The Kier molecular flexibility index (Phi) is 4.36. The van der Waals surface area contributed by atoms with Crippen LogP contribution in [-0.4, -0.2) is 31.6 Å². The lowest BCUT2D eigenvalue weighted by atomic mass is 10.2. The zero-order chi connectivity index (χ0) is 11.3. The van der Waals surface area contributed by atoms with E-state index in [-0.39, 0.29) is 0 Å². The first-order chi connectivity index (χ1) is 7.15. The Balaban J connectivity index is 2.51. The summed E-state index contributed by atoms with van der Waals surface area (Å²) in [5.74, 6) is -0.252. The first kappa shape index (κ1) is 11.8. The summed E-state index contributed by atoms with van der Waals surface area (Å²) in [5.41, 5.74) is 0.435. The molecule has 0 aliphatic heterocycles. The summed E-state index contributed by atoms with van der Waals surface area (Å²) in [6, 6.07) is 0. The molecule has 0 atom stereocenters. The van der Waals surface area contributed by atoms with Crippen molar-refractivity contribution in [1.82, 2.24) is 14.8 Å². The lowest BCUT2D eigenvalue weighted by Gasteiger charge is -1.98. The molecule has 0 fully saturated rings. The maximum atomic E-state index is 10.7. The molecule has 0 saturated heterocycles. The summed E-state index contributed by atoms with van der Waals surface area (Å²) in [4.78, 5) is 14.7. The second-order valence-electron chi connectivity index (χ2n) is 2.87. The fourth-order valence-electron chi connectivity index (χ4n) is 1.02. The van der Waals surface area contributed by atoms with Gasteiger partial charge in [0.15, 0.2) is 5.16 Å². The molecule has 0 saturated carbocycles. The van der Waals surface area contributed by atoms with E-state index in [1.165, 1.54) is 18.1 Å². The van der Waals surface area contributed by atoms with Crippen LogP contribution in [0.1, 0.15) is 13.3 Å². The Labute approximate surface area is 92.2 Å². The van der Waals surface area contributed by atoms with Crippen molar-refractivity contribution in [2.45, 2.75) is 18.5 Å². The SMILES string of the molecule is CCC(=CCSc1ncnn1C)C(=O)O. The minimum atomic E-state index is -0.851. The third-order valence-electron chi connectivity index (χ3n) is 1.87. The third kappa shape index (κ3) is 3.39. The molecule has 1 rings (SSSR count). The molecule has 6 heteroatoms. The number of hydrogen-bond donors (Lipinski definition) is 1. The summed E-state index contributed by atoms with van der Waals surface area (Å²) >= 11 is 1.46. The van der Waals surface area contributed by atoms with E-state index >= 15 is 0 Å². The van der Waals surface area contributed by atoms with Crippen LogP contribution in [0.5, 0.6) is 0 Å². The van der Waals surface area contributed by atoms with Gasteiger partial charge in [0.05, 0.1) is 0 Å². The molecular weight excluding hydrogens is 214 g/mol. The van der Waals surface area contributed by atoms with Gasteiger partial charge < -0.3 is 5.11 Å². The van der Waals surface area contributed by atoms with Gasteiger partial charge in [-0.25, -0.2) is 14.5 Å². The van der Waals surface area contributed by atoms with Crippen molar-refractivity contribution in [2.24, 2.45) is 7.05 Å². The average Bonchev–Trinajstić information content (AvgIpc) is 2.58. The zero-order valence-electron chi connectivity index (χ0n) is 8.67. The Hall–Kier alpha value is -1.30. The van der Waals surface area contributed by atoms with E-state index in [2.05, 4.69) is 10.1 Å². The van der Waals surface area contributed by atoms with Crippen LogP contribution in [0.25, 0.3) is 0 Å². The Morgan fingerprint density at radius 2 is 2.47 bits per heavy atom. The summed E-state index contributed by atoms with van der Waals surface area (Å²) in [6.07, 6.45) is 3.72. The van der Waals surface area contributed by atoms with Crippen LogP contribution >= 0.6 is 11.8 Å². The lowest BCUT2D eigenvalue weighted by Crippen LogP contribution is -2.00. The highest BCUT2D eigenvalue weighted by atomic mass is 32.2. The van der Waals surface area contributed by atoms with Crippen molar-refractivity contribution >= 4 is 17.7 Å². The van der Waals surface area contributed by atoms with Gasteiger partial charge in [-0.3, -0.25) is 0 Å². The number of hydrogen-bond acceptors (Lipinski definition) is 4. The molecule has 1 heterocycles. The van der Waals surface area contributed by atoms with Gasteiger partial charge in [0.25, 0.3) is 0 Å². The molecule has 82 valence electrons. The van der Waals surface area contributed by atoms with Crippen molar-refractivity contribution in [1.29, 1.82) is 0 Å². The molecule has 0 aliphatic rings. The monoisotopic (exact) mass is 227 g/mol. The van der Waals surface area contributed by atoms with Crippen molar-refractivity contribution in [2.75, 3.05) is 5.75 Å². The standard InChI is InChI=1S/C9H13N3O2S/c1-3-7(8(13)14)4-5-15-9-10-6-11-12(9)2/h4,6H,3,5H2,1-2H3,(H,13,14). The molecule has 0 bridgehead atoms. The van der Waals surface area contributed by atoms with Crippen molar-refractivity contribution < 1.29 is 9.90 Å². The average molecular weight is 227 g/mol. The molecule has 0 unspecified atom stereocenters. The predicted molar refractivity (Wildman–Crippen MR) is 57.7 cm³/mol. The molecule has 0 aliphatic carbocycles. The van der Waals surface area contributed by atoms with Gasteiger partial charge >= 0.3 is 5.97 Å². The fourth-order valence-corrected chi connectivity index (χ4v) is 1.81. The summed E-state index contributed by atoms with van der Waals surface area (Å²) in [6.45, 7) is 1.83. The summed E-state index contributed by atoms with van der Waals surface area (Å²) in [7, 11) is 1.80. The van der Waals surface area contributed by atoms with E-state index in [4.69, 9.17) is 5.11 Å². The molecule has 0 spiro atoms. The molecule has 0 amide bonds. The van der Waals surface area contributed by atoms with Gasteiger partial charge in [-0.1, -0.05) is 24.8 Å². The van der Waals surface area contributed by atoms with Crippen LogP contribution < -0.4 is 0 Å². The van der Waals surface area contributed by atoms with Gasteiger partial charge in [0.1, 0.15) is 6.33 Å². The number of rotatable bonds is 5. The van der Waals surface area contributed by atoms with Crippen LogP contribution in [-0.2, 0) is 11.8 Å². The minimum absolute atomic E-state index is 0.435. The van der Waals surface area contributed by atoms with Gasteiger partial charge in [0, 0.05) is 18.4 Å². The van der Waals surface area contributed by atoms with Crippen LogP contribution in [0.15, 0.2) is 23.1 Å². The van der Waals surface area contributed by atoms with Gasteiger partial charge in [-0.05, 0) is 6.42 Å². The highest BCUT2D eigenvalue weighted by molar-refractivity contribution is 7.99. The third-order valence-corrected chi connectivity index (χ3v) is 2.83. The molecule has 15 heavy (non-hydrogen) atoms. The topological polar surface area (TPSA) is 68.0 Å². The Morgan fingerprint density at radius 3 is 2.93 bits per heavy atom. The Bertz CT molecular complexity index is 373. The minimum Gasteiger partial charge on any atom is -0.478 e. The maximum Gasteiger partial charge on any atom is 0.331 e. The smallest absolute Gasteiger partial charge is 0.331 e. The molecule has 1 aromatic heterocycles. The maximum absolute atomic E-state index is 10.7. The largest absolute Gasteiger partial charge is 0.478 e. The van der Waals surface area contributed by atoms with E-state index in [0.717, 1.165) is 5.16 Å². The number of nitrogens with zero attached hydrogens (tertiary/aromatic N) is 3. The summed E-state index contributed by atoms with van der Waals surface area (Å²) < 4.78 is 1.66. The number of aromatic nitrogens is 3. The van der Waals surface area contributed by atoms with E-state index < -0.39 is 5.97 Å². The molecule has 1 aromatic rings. The van der Waals surface area contributed by atoms with E-state index in [1.807, 2.05) is 6.92 Å². The van der Waals surface area contributed by atoms with Crippen LogP contribution in [0, 0.1) is 0 Å². The van der Waals surface area contributed by atoms with Crippen molar-refractivity contribution in [3.63, 3.8) is 0 Å². The molecule has 1 N–H and O–H groups in total. The number of thioether (sulfide) groups is 1. The van der Waals surface area contributed by atoms with Crippen molar-refractivity contribution in [3.05, 3.63) is 18.0 Å². The molecule has 0 radical (unpaired) electrons. The number of aliphatic carboxylic acids is 1. The molecular formula is C9H13N3O2S.